The van der Waals surface area contributed by atoms with Gasteiger partial charge in [-0.05, 0) is 39.2 Å². The van der Waals surface area contributed by atoms with E-state index < -0.39 is 0 Å². The van der Waals surface area contributed by atoms with Gasteiger partial charge >= 0.3 is 0 Å². The molecule has 1 fully saturated rings. The summed E-state index contributed by atoms with van der Waals surface area (Å²) in [4.78, 5) is 2.34. The number of hydrogen-bond acceptors (Lipinski definition) is 3. The average Bonchev–Trinajstić information content (AvgIpc) is 2.24. The van der Waals surface area contributed by atoms with Gasteiger partial charge in [0.1, 0.15) is 0 Å². The van der Waals surface area contributed by atoms with Crippen molar-refractivity contribution in [3.8, 4) is 0 Å². The van der Waals surface area contributed by atoms with E-state index in [1.807, 2.05) is 0 Å². The first-order valence-corrected chi connectivity index (χ1v) is 6.24. The normalized spacial score (nSPS) is 25.4. The second-order valence-corrected chi connectivity index (χ2v) is 4.54. The minimum Gasteiger partial charge on any atom is -0.392 e. The molecule has 1 unspecified atom stereocenters. The van der Waals surface area contributed by atoms with Gasteiger partial charge in [-0.25, -0.2) is 0 Å². The first kappa shape index (κ1) is 12.9. The van der Waals surface area contributed by atoms with Crippen molar-refractivity contribution in [1.29, 1.82) is 0 Å². The molecule has 3 heteroatoms. The second kappa shape index (κ2) is 7.20. The molecule has 15 heavy (non-hydrogen) atoms. The molecular formula is C12H25NO2. The van der Waals surface area contributed by atoms with E-state index in [4.69, 9.17) is 4.74 Å². The molecule has 0 bridgehead atoms. The van der Waals surface area contributed by atoms with Crippen LogP contribution < -0.4 is 0 Å². The molecule has 0 aromatic carbocycles. The summed E-state index contributed by atoms with van der Waals surface area (Å²) in [6, 6.07) is 0. The number of ether oxygens (including phenoxy) is 1. The van der Waals surface area contributed by atoms with Gasteiger partial charge < -0.3 is 14.7 Å². The van der Waals surface area contributed by atoms with Gasteiger partial charge in [-0.1, -0.05) is 6.92 Å². The summed E-state index contributed by atoms with van der Waals surface area (Å²) in [5.74, 6) is 0. The minimum atomic E-state index is -0.103. The maximum atomic E-state index is 9.49. The summed E-state index contributed by atoms with van der Waals surface area (Å²) < 4.78 is 5.62. The molecule has 1 saturated heterocycles. The summed E-state index contributed by atoms with van der Waals surface area (Å²) in [6.07, 6.45) is 4.55. The number of aliphatic hydroxyl groups is 1. The smallest absolute Gasteiger partial charge is 0.0667 e. The van der Waals surface area contributed by atoms with E-state index in [0.29, 0.717) is 6.10 Å². The Balaban J connectivity index is 1.99. The fourth-order valence-corrected chi connectivity index (χ4v) is 1.92. The molecule has 1 N–H and O–H groups in total. The van der Waals surface area contributed by atoms with E-state index in [2.05, 4.69) is 18.7 Å². The molecule has 1 aliphatic heterocycles. The standard InChI is InChI=1S/C12H25NO2/c1-3-11(2)15-9-5-8-13-7-4-6-12(14)10-13/h11-12,14H,3-10H2,1-2H3/t11?,12-/m0/s1. The van der Waals surface area contributed by atoms with Crippen LogP contribution in [0.1, 0.15) is 39.5 Å². The summed E-state index contributed by atoms with van der Waals surface area (Å²) in [7, 11) is 0. The van der Waals surface area contributed by atoms with Crippen LogP contribution in [-0.4, -0.2) is 48.5 Å². The fourth-order valence-electron chi connectivity index (χ4n) is 1.92. The zero-order valence-electron chi connectivity index (χ0n) is 10.1. The van der Waals surface area contributed by atoms with Crippen LogP contribution in [0.2, 0.25) is 0 Å². The van der Waals surface area contributed by atoms with Gasteiger partial charge in [0, 0.05) is 19.7 Å². The van der Waals surface area contributed by atoms with Crippen LogP contribution in [0.3, 0.4) is 0 Å². The molecule has 0 aromatic rings. The molecule has 3 nitrogen and oxygen atoms in total. The Labute approximate surface area is 93.4 Å². The Morgan fingerprint density at radius 1 is 1.53 bits per heavy atom. The van der Waals surface area contributed by atoms with Crippen LogP contribution in [-0.2, 0) is 4.74 Å². The van der Waals surface area contributed by atoms with E-state index in [9.17, 15) is 5.11 Å². The summed E-state index contributed by atoms with van der Waals surface area (Å²) in [5.41, 5.74) is 0. The molecular weight excluding hydrogens is 190 g/mol. The van der Waals surface area contributed by atoms with Crippen molar-refractivity contribution in [2.24, 2.45) is 0 Å². The molecule has 1 rings (SSSR count). The van der Waals surface area contributed by atoms with Gasteiger partial charge in [-0.15, -0.1) is 0 Å². The average molecular weight is 215 g/mol. The Morgan fingerprint density at radius 2 is 2.33 bits per heavy atom. The number of piperidine rings is 1. The quantitative estimate of drug-likeness (QED) is 0.684. The number of rotatable bonds is 6. The third-order valence-corrected chi connectivity index (χ3v) is 3.08. The number of likely N-dealkylation sites (tertiary alicyclic amines) is 1. The van der Waals surface area contributed by atoms with E-state index >= 15 is 0 Å². The van der Waals surface area contributed by atoms with E-state index in [-0.39, 0.29) is 6.10 Å². The van der Waals surface area contributed by atoms with Crippen LogP contribution in [0.15, 0.2) is 0 Å². The molecule has 0 spiro atoms. The predicted octanol–water partition coefficient (Wildman–Crippen LogP) is 1.65. The Morgan fingerprint density at radius 3 is 3.00 bits per heavy atom. The van der Waals surface area contributed by atoms with Gasteiger partial charge in [0.25, 0.3) is 0 Å². The SMILES string of the molecule is CCC(C)OCCCN1CCC[C@H](O)C1. The van der Waals surface area contributed by atoms with Crippen molar-refractivity contribution < 1.29 is 9.84 Å². The Hall–Kier alpha value is -0.120. The highest BCUT2D eigenvalue weighted by Crippen LogP contribution is 2.10. The molecule has 0 amide bonds. The second-order valence-electron chi connectivity index (χ2n) is 4.54. The van der Waals surface area contributed by atoms with Crippen LogP contribution in [0, 0.1) is 0 Å². The van der Waals surface area contributed by atoms with Crippen molar-refractivity contribution in [2.45, 2.75) is 51.7 Å². The maximum Gasteiger partial charge on any atom is 0.0667 e. The molecule has 90 valence electrons. The lowest BCUT2D eigenvalue weighted by atomic mass is 10.1. The van der Waals surface area contributed by atoms with Crippen molar-refractivity contribution in [2.75, 3.05) is 26.2 Å². The third kappa shape index (κ3) is 5.50. The lowest BCUT2D eigenvalue weighted by molar-refractivity contribution is 0.0409. The monoisotopic (exact) mass is 215 g/mol. The van der Waals surface area contributed by atoms with Gasteiger partial charge in [0.2, 0.25) is 0 Å². The van der Waals surface area contributed by atoms with Crippen LogP contribution in [0.25, 0.3) is 0 Å². The zero-order valence-corrected chi connectivity index (χ0v) is 10.1. The summed E-state index contributed by atoms with van der Waals surface area (Å²) in [6.45, 7) is 8.16. The van der Waals surface area contributed by atoms with Crippen LogP contribution in [0.5, 0.6) is 0 Å². The van der Waals surface area contributed by atoms with E-state index in [1.165, 1.54) is 0 Å². The Bertz CT molecular complexity index is 164. The molecule has 1 aliphatic rings. The van der Waals surface area contributed by atoms with Gasteiger partial charge in [-0.3, -0.25) is 0 Å². The third-order valence-electron chi connectivity index (χ3n) is 3.08. The first-order chi connectivity index (χ1) is 7.22. The molecule has 0 aromatic heterocycles. The van der Waals surface area contributed by atoms with Gasteiger partial charge in [0.05, 0.1) is 12.2 Å². The summed E-state index contributed by atoms with van der Waals surface area (Å²) >= 11 is 0. The molecule has 0 saturated carbocycles. The maximum absolute atomic E-state index is 9.49. The van der Waals surface area contributed by atoms with Crippen LogP contribution in [0.4, 0.5) is 0 Å². The molecule has 2 atom stereocenters. The van der Waals surface area contributed by atoms with Crippen LogP contribution >= 0.6 is 0 Å². The van der Waals surface area contributed by atoms with E-state index in [1.54, 1.807) is 0 Å². The lowest BCUT2D eigenvalue weighted by Crippen LogP contribution is -2.39. The van der Waals surface area contributed by atoms with E-state index in [0.717, 1.165) is 51.9 Å². The first-order valence-electron chi connectivity index (χ1n) is 6.24. The summed E-state index contributed by atoms with van der Waals surface area (Å²) in [5, 5.41) is 9.49. The number of aliphatic hydroxyl groups excluding tert-OH is 1. The highest BCUT2D eigenvalue weighted by atomic mass is 16.5. The van der Waals surface area contributed by atoms with Crippen molar-refractivity contribution in [3.05, 3.63) is 0 Å². The molecule has 1 heterocycles. The molecule has 0 aliphatic carbocycles. The number of hydrogen-bond donors (Lipinski definition) is 1. The number of β-amino-alcohol motifs (C(OH)–C–C–N with tert-alkyl or cyclic N) is 1. The van der Waals surface area contributed by atoms with Crippen molar-refractivity contribution in [3.63, 3.8) is 0 Å². The predicted molar refractivity (Wildman–Crippen MR) is 62.0 cm³/mol. The van der Waals surface area contributed by atoms with Gasteiger partial charge in [0.15, 0.2) is 0 Å². The van der Waals surface area contributed by atoms with Crippen molar-refractivity contribution in [1.82, 2.24) is 4.90 Å². The highest BCUT2D eigenvalue weighted by molar-refractivity contribution is 4.71. The van der Waals surface area contributed by atoms with Gasteiger partial charge in [-0.2, -0.15) is 0 Å². The topological polar surface area (TPSA) is 32.7 Å². The number of nitrogens with zero attached hydrogens (tertiary/aromatic N) is 1. The highest BCUT2D eigenvalue weighted by Gasteiger charge is 2.16. The largest absolute Gasteiger partial charge is 0.392 e. The lowest BCUT2D eigenvalue weighted by Gasteiger charge is -2.29. The molecule has 0 radical (unpaired) electrons. The Kier molecular flexibility index (Phi) is 6.22. The fraction of sp³-hybridized carbons (Fsp3) is 1.00. The van der Waals surface area contributed by atoms with Crippen molar-refractivity contribution >= 4 is 0 Å². The minimum absolute atomic E-state index is 0.103. The zero-order chi connectivity index (χ0) is 11.1.